The van der Waals surface area contributed by atoms with E-state index in [4.69, 9.17) is 0 Å². The van der Waals surface area contributed by atoms with Crippen molar-refractivity contribution in [1.29, 1.82) is 0 Å². The summed E-state index contributed by atoms with van der Waals surface area (Å²) in [5.74, 6) is 1.44. The van der Waals surface area contributed by atoms with Crippen LogP contribution < -0.4 is 0 Å². The molecule has 5 rings (SSSR count). The molecule has 152 valence electrons. The number of aryl methyl sites for hydroxylation is 1. The zero-order chi connectivity index (χ0) is 20.3. The van der Waals surface area contributed by atoms with E-state index >= 15 is 0 Å². The maximum Gasteiger partial charge on any atom is 0.136 e. The number of nitrogens with one attached hydrogen (secondary N) is 1. The van der Waals surface area contributed by atoms with Crippen molar-refractivity contribution in [2.45, 2.75) is 32.2 Å². The van der Waals surface area contributed by atoms with E-state index < -0.39 is 0 Å². The number of H-pyrrole nitrogens is 1. The number of nitrogens with zero attached hydrogens (tertiary/aromatic N) is 4. The van der Waals surface area contributed by atoms with Gasteiger partial charge in [0.25, 0.3) is 0 Å². The van der Waals surface area contributed by atoms with E-state index in [-0.39, 0.29) is 0 Å². The summed E-state index contributed by atoms with van der Waals surface area (Å²) in [6.07, 6.45) is 8.32. The Bertz CT molecular complexity index is 1090. The van der Waals surface area contributed by atoms with Crippen LogP contribution in [0.3, 0.4) is 0 Å². The predicted octanol–water partition coefficient (Wildman–Crippen LogP) is 4.95. The fourth-order valence-electron chi connectivity index (χ4n) is 4.50. The number of rotatable bonds is 5. The molecule has 1 aliphatic rings. The van der Waals surface area contributed by atoms with Gasteiger partial charge in [0.15, 0.2) is 0 Å². The van der Waals surface area contributed by atoms with Gasteiger partial charge in [0.2, 0.25) is 0 Å². The number of pyridine rings is 1. The van der Waals surface area contributed by atoms with Gasteiger partial charge in [-0.3, -0.25) is 10.00 Å². The van der Waals surface area contributed by atoms with Crippen molar-refractivity contribution in [3.63, 3.8) is 0 Å². The maximum atomic E-state index is 4.51. The van der Waals surface area contributed by atoms with Crippen LogP contribution in [0.4, 0.5) is 0 Å². The van der Waals surface area contributed by atoms with Gasteiger partial charge in [-0.1, -0.05) is 35.9 Å². The first-order chi connectivity index (χ1) is 14.8. The van der Waals surface area contributed by atoms with Crippen LogP contribution in [-0.4, -0.2) is 37.7 Å². The Labute approximate surface area is 177 Å². The van der Waals surface area contributed by atoms with Crippen molar-refractivity contribution in [2.24, 2.45) is 0 Å². The molecule has 0 amide bonds. The van der Waals surface area contributed by atoms with Crippen LogP contribution in [0.15, 0.2) is 73.2 Å². The lowest BCUT2D eigenvalue weighted by Crippen LogP contribution is -2.34. The molecule has 1 atom stereocenters. The van der Waals surface area contributed by atoms with E-state index in [1.54, 1.807) is 0 Å². The number of aromatic amines is 1. The van der Waals surface area contributed by atoms with E-state index in [0.29, 0.717) is 5.92 Å². The molecule has 1 fully saturated rings. The van der Waals surface area contributed by atoms with E-state index in [0.717, 1.165) is 25.5 Å². The van der Waals surface area contributed by atoms with Gasteiger partial charge in [0.1, 0.15) is 5.82 Å². The molecule has 0 saturated carbocycles. The van der Waals surface area contributed by atoms with Gasteiger partial charge in [-0.05, 0) is 56.1 Å². The number of hydrogen-bond acceptors (Lipinski definition) is 3. The lowest BCUT2D eigenvalue weighted by atomic mass is 9.90. The molecule has 0 aliphatic carbocycles. The quantitative estimate of drug-likeness (QED) is 0.518. The Kier molecular flexibility index (Phi) is 5.20. The van der Waals surface area contributed by atoms with Gasteiger partial charge in [-0.15, -0.1) is 0 Å². The second kappa shape index (κ2) is 8.28. The molecule has 1 aliphatic heterocycles. The minimum Gasteiger partial charge on any atom is -0.304 e. The summed E-state index contributed by atoms with van der Waals surface area (Å²) in [7, 11) is 0. The number of benzene rings is 1. The molecule has 0 bridgehead atoms. The second-order valence-electron chi connectivity index (χ2n) is 8.20. The van der Waals surface area contributed by atoms with Crippen LogP contribution >= 0.6 is 0 Å². The van der Waals surface area contributed by atoms with Gasteiger partial charge in [-0.25, -0.2) is 4.98 Å². The summed E-state index contributed by atoms with van der Waals surface area (Å²) in [6, 6.07) is 19.1. The largest absolute Gasteiger partial charge is 0.304 e. The molecule has 3 aromatic heterocycles. The third-order valence-electron chi connectivity index (χ3n) is 6.06. The van der Waals surface area contributed by atoms with Crippen LogP contribution in [0.25, 0.3) is 16.9 Å². The zero-order valence-corrected chi connectivity index (χ0v) is 17.3. The Hall–Kier alpha value is -3.18. The smallest absolute Gasteiger partial charge is 0.136 e. The van der Waals surface area contributed by atoms with Crippen molar-refractivity contribution in [2.75, 3.05) is 13.1 Å². The van der Waals surface area contributed by atoms with Gasteiger partial charge >= 0.3 is 0 Å². The van der Waals surface area contributed by atoms with Gasteiger partial charge in [0.05, 0.1) is 6.20 Å². The third-order valence-corrected chi connectivity index (χ3v) is 6.06. The first-order valence-electron chi connectivity index (χ1n) is 10.7. The van der Waals surface area contributed by atoms with Crippen molar-refractivity contribution >= 4 is 0 Å². The molecule has 4 heterocycles. The molecule has 5 heteroatoms. The molecule has 0 radical (unpaired) electrons. The van der Waals surface area contributed by atoms with Crippen molar-refractivity contribution < 1.29 is 0 Å². The topological polar surface area (TPSA) is 49.7 Å². The number of piperidine rings is 1. The van der Waals surface area contributed by atoms with Gasteiger partial charge < -0.3 is 4.57 Å². The monoisotopic (exact) mass is 397 g/mol. The predicted molar refractivity (Wildman–Crippen MR) is 120 cm³/mol. The fourth-order valence-corrected chi connectivity index (χ4v) is 4.50. The molecule has 30 heavy (non-hydrogen) atoms. The minimum atomic E-state index is 0.468. The Morgan fingerprint density at radius 1 is 1.07 bits per heavy atom. The second-order valence-corrected chi connectivity index (χ2v) is 8.20. The van der Waals surface area contributed by atoms with Crippen molar-refractivity contribution in [3.8, 4) is 16.9 Å². The van der Waals surface area contributed by atoms with Crippen LogP contribution in [0.5, 0.6) is 0 Å². The normalized spacial score (nSPS) is 17.3. The fraction of sp³-hybridized carbons (Fsp3) is 0.280. The van der Waals surface area contributed by atoms with Crippen molar-refractivity contribution in [3.05, 3.63) is 90.1 Å². The molecule has 5 nitrogen and oxygen atoms in total. The average Bonchev–Trinajstić information content (AvgIpc) is 3.45. The van der Waals surface area contributed by atoms with Crippen molar-refractivity contribution in [1.82, 2.24) is 24.6 Å². The Balaban J connectivity index is 1.34. The Morgan fingerprint density at radius 2 is 1.97 bits per heavy atom. The van der Waals surface area contributed by atoms with Gasteiger partial charge in [-0.2, -0.15) is 5.10 Å². The molecule has 1 saturated heterocycles. The van der Waals surface area contributed by atoms with E-state index in [1.807, 2.05) is 24.5 Å². The number of likely N-dealkylation sites (tertiary alicyclic amines) is 1. The molecule has 1 N–H and O–H groups in total. The molecule has 0 spiro atoms. The molecular formula is C25H27N5. The summed E-state index contributed by atoms with van der Waals surface area (Å²) in [5, 5.41) is 7.71. The minimum absolute atomic E-state index is 0.468. The summed E-state index contributed by atoms with van der Waals surface area (Å²) < 4.78 is 2.19. The van der Waals surface area contributed by atoms with Crippen LogP contribution in [-0.2, 0) is 6.54 Å². The highest BCUT2D eigenvalue weighted by molar-refractivity contribution is 5.66. The highest BCUT2D eigenvalue weighted by Crippen LogP contribution is 2.33. The number of aromatic nitrogens is 4. The standard InChI is InChI=1S/C25H27N5/c1-19-9-11-20(12-10-19)23-16-27-28-25(23)21-6-4-14-29(17-21)18-22-7-5-15-30(22)24-8-2-3-13-26-24/h2-3,5,7-13,15-16,21H,4,6,14,17-18H2,1H3,(H,27,28)/t21-/m0/s1. The SMILES string of the molecule is Cc1ccc(-c2cn[nH]c2[C@H]2CCCN(Cc3cccn3-c3ccccn3)C2)cc1. The Morgan fingerprint density at radius 3 is 2.80 bits per heavy atom. The average molecular weight is 398 g/mol. The summed E-state index contributed by atoms with van der Waals surface area (Å²) in [6.45, 7) is 5.21. The maximum absolute atomic E-state index is 4.51. The summed E-state index contributed by atoms with van der Waals surface area (Å²) in [5.41, 5.74) is 6.30. The third kappa shape index (κ3) is 3.81. The lowest BCUT2D eigenvalue weighted by Gasteiger charge is -2.32. The highest BCUT2D eigenvalue weighted by Gasteiger charge is 2.25. The van der Waals surface area contributed by atoms with E-state index in [9.17, 15) is 0 Å². The summed E-state index contributed by atoms with van der Waals surface area (Å²) >= 11 is 0. The molecule has 4 aromatic rings. The lowest BCUT2D eigenvalue weighted by molar-refractivity contribution is 0.195. The number of hydrogen-bond donors (Lipinski definition) is 1. The van der Waals surface area contributed by atoms with E-state index in [2.05, 4.69) is 80.2 Å². The highest BCUT2D eigenvalue weighted by atomic mass is 15.2. The molecule has 1 aromatic carbocycles. The van der Waals surface area contributed by atoms with Crippen LogP contribution in [0.1, 0.15) is 35.7 Å². The zero-order valence-electron chi connectivity index (χ0n) is 17.3. The first-order valence-corrected chi connectivity index (χ1v) is 10.7. The van der Waals surface area contributed by atoms with Crippen LogP contribution in [0.2, 0.25) is 0 Å². The molecule has 0 unspecified atom stereocenters. The van der Waals surface area contributed by atoms with E-state index in [1.165, 1.54) is 40.9 Å². The molecular weight excluding hydrogens is 370 g/mol. The van der Waals surface area contributed by atoms with Gasteiger partial charge in [0, 0.05) is 48.4 Å². The summed E-state index contributed by atoms with van der Waals surface area (Å²) in [4.78, 5) is 7.07. The first kappa shape index (κ1) is 18.8. The van der Waals surface area contributed by atoms with Crippen LogP contribution in [0, 0.1) is 6.92 Å².